The number of rotatable bonds is 7. The highest BCUT2D eigenvalue weighted by molar-refractivity contribution is 7.98. The van der Waals surface area contributed by atoms with Crippen LogP contribution in [0.1, 0.15) is 28.2 Å². The summed E-state index contributed by atoms with van der Waals surface area (Å²) < 4.78 is 0. The fourth-order valence-electron chi connectivity index (χ4n) is 1.24. The molecule has 0 spiro atoms. The van der Waals surface area contributed by atoms with E-state index in [2.05, 4.69) is 16.6 Å². The molecule has 16 heavy (non-hydrogen) atoms. The molecule has 90 valence electrons. The predicted molar refractivity (Wildman–Crippen MR) is 69.9 cm³/mol. The Bertz CT molecular complexity index is 353. The van der Waals surface area contributed by atoms with Crippen molar-refractivity contribution in [2.24, 2.45) is 0 Å². The van der Waals surface area contributed by atoms with Crippen LogP contribution in [0.15, 0.2) is 0 Å². The lowest BCUT2D eigenvalue weighted by molar-refractivity contribution is 0.0690. The number of aromatic carboxylic acids is 1. The second kappa shape index (κ2) is 6.75. The third-order valence-electron chi connectivity index (χ3n) is 2.05. The molecule has 1 rings (SSSR count). The number of carboxylic acid groups (broad SMARTS) is 1. The van der Waals surface area contributed by atoms with Crippen LogP contribution in [-0.4, -0.2) is 34.6 Å². The van der Waals surface area contributed by atoms with Crippen molar-refractivity contribution in [3.05, 3.63) is 10.6 Å². The van der Waals surface area contributed by atoms with Crippen molar-refractivity contribution in [2.75, 3.05) is 23.9 Å². The summed E-state index contributed by atoms with van der Waals surface area (Å²) in [5, 5.41) is 12.7. The number of unbranched alkanes of at least 4 members (excludes halogenated alkanes) is 1. The molecule has 0 atom stereocenters. The molecule has 0 radical (unpaired) electrons. The minimum absolute atomic E-state index is 0.164. The van der Waals surface area contributed by atoms with Crippen molar-refractivity contribution in [3.63, 3.8) is 0 Å². The number of anilines is 1. The zero-order valence-electron chi connectivity index (χ0n) is 9.45. The molecular formula is C10H16N2O2S2. The van der Waals surface area contributed by atoms with E-state index in [1.165, 1.54) is 23.5 Å². The minimum atomic E-state index is -0.954. The molecule has 0 aromatic carbocycles. The molecule has 0 amide bonds. The van der Waals surface area contributed by atoms with Crippen LogP contribution in [0.3, 0.4) is 0 Å². The molecule has 1 heterocycles. The van der Waals surface area contributed by atoms with Crippen molar-refractivity contribution in [3.8, 4) is 0 Å². The van der Waals surface area contributed by atoms with Crippen LogP contribution in [0.5, 0.6) is 0 Å². The van der Waals surface area contributed by atoms with Gasteiger partial charge < -0.3 is 10.4 Å². The second-order valence-electron chi connectivity index (χ2n) is 3.36. The minimum Gasteiger partial charge on any atom is -0.476 e. The van der Waals surface area contributed by atoms with Gasteiger partial charge in [0, 0.05) is 11.4 Å². The van der Waals surface area contributed by atoms with Gasteiger partial charge in [-0.15, -0.1) is 11.3 Å². The SMILES string of the molecule is CSCCCCNc1nc(C(=O)O)c(C)s1. The maximum absolute atomic E-state index is 10.8. The highest BCUT2D eigenvalue weighted by Crippen LogP contribution is 2.21. The van der Waals surface area contributed by atoms with E-state index in [-0.39, 0.29) is 5.69 Å². The largest absolute Gasteiger partial charge is 0.476 e. The zero-order valence-corrected chi connectivity index (χ0v) is 11.1. The van der Waals surface area contributed by atoms with Crippen LogP contribution in [-0.2, 0) is 0 Å². The number of hydrogen-bond donors (Lipinski definition) is 2. The van der Waals surface area contributed by atoms with Gasteiger partial charge in [0.2, 0.25) is 0 Å². The van der Waals surface area contributed by atoms with Crippen molar-refractivity contribution >= 4 is 34.2 Å². The molecule has 0 unspecified atom stereocenters. The number of nitrogens with one attached hydrogen (secondary N) is 1. The second-order valence-corrected chi connectivity index (χ2v) is 5.54. The van der Waals surface area contributed by atoms with E-state index in [1.807, 2.05) is 11.8 Å². The molecule has 0 saturated carbocycles. The maximum atomic E-state index is 10.8. The Hall–Kier alpha value is -0.750. The van der Waals surface area contributed by atoms with Crippen molar-refractivity contribution < 1.29 is 9.90 Å². The summed E-state index contributed by atoms with van der Waals surface area (Å²) in [6, 6.07) is 0. The van der Waals surface area contributed by atoms with Crippen LogP contribution in [0.4, 0.5) is 5.13 Å². The molecule has 1 aromatic heterocycles. The fourth-order valence-corrected chi connectivity index (χ4v) is 2.56. The summed E-state index contributed by atoms with van der Waals surface area (Å²) in [6.07, 6.45) is 4.35. The molecular weight excluding hydrogens is 244 g/mol. The summed E-state index contributed by atoms with van der Waals surface area (Å²) in [5.74, 6) is 0.211. The number of carbonyl (C=O) groups is 1. The number of thioether (sulfide) groups is 1. The molecule has 0 aliphatic carbocycles. The lowest BCUT2D eigenvalue weighted by atomic mass is 10.3. The van der Waals surface area contributed by atoms with Gasteiger partial charge >= 0.3 is 5.97 Å². The number of thiazole rings is 1. The van der Waals surface area contributed by atoms with E-state index in [9.17, 15) is 4.79 Å². The zero-order chi connectivity index (χ0) is 12.0. The normalized spacial score (nSPS) is 10.4. The van der Waals surface area contributed by atoms with Gasteiger partial charge in [-0.1, -0.05) is 0 Å². The first-order valence-corrected chi connectivity index (χ1v) is 7.29. The molecule has 6 heteroatoms. The Morgan fingerprint density at radius 1 is 1.56 bits per heavy atom. The van der Waals surface area contributed by atoms with Crippen molar-refractivity contribution in [1.82, 2.24) is 4.98 Å². The van der Waals surface area contributed by atoms with E-state index in [4.69, 9.17) is 5.11 Å². The van der Waals surface area contributed by atoms with Crippen molar-refractivity contribution in [1.29, 1.82) is 0 Å². The first-order valence-electron chi connectivity index (χ1n) is 5.08. The Balaban J connectivity index is 2.37. The molecule has 0 bridgehead atoms. The van der Waals surface area contributed by atoms with Gasteiger partial charge in [0.15, 0.2) is 10.8 Å². The summed E-state index contributed by atoms with van der Waals surface area (Å²) in [7, 11) is 0. The standard InChI is InChI=1S/C10H16N2O2S2/c1-7-8(9(13)14)12-10(16-7)11-5-3-4-6-15-2/h3-6H2,1-2H3,(H,11,12)(H,13,14). The Labute approximate surface area is 103 Å². The Morgan fingerprint density at radius 2 is 2.31 bits per heavy atom. The topological polar surface area (TPSA) is 62.2 Å². The summed E-state index contributed by atoms with van der Waals surface area (Å²) >= 11 is 3.24. The third-order valence-corrected chi connectivity index (χ3v) is 3.68. The van der Waals surface area contributed by atoms with E-state index in [1.54, 1.807) is 6.92 Å². The number of carboxylic acids is 1. The van der Waals surface area contributed by atoms with E-state index >= 15 is 0 Å². The summed E-state index contributed by atoms with van der Waals surface area (Å²) in [4.78, 5) is 15.5. The average Bonchev–Trinajstić information content (AvgIpc) is 2.59. The Morgan fingerprint density at radius 3 is 2.88 bits per heavy atom. The molecule has 0 saturated heterocycles. The molecule has 0 aliphatic heterocycles. The van der Waals surface area contributed by atoms with Crippen molar-refractivity contribution in [2.45, 2.75) is 19.8 Å². The first kappa shape index (κ1) is 13.3. The maximum Gasteiger partial charge on any atom is 0.355 e. The van der Waals surface area contributed by atoms with Crippen LogP contribution in [0.25, 0.3) is 0 Å². The van der Waals surface area contributed by atoms with Gasteiger partial charge in [-0.3, -0.25) is 0 Å². The number of nitrogens with zero attached hydrogens (tertiary/aromatic N) is 1. The molecule has 1 aromatic rings. The third kappa shape index (κ3) is 4.02. The van der Waals surface area contributed by atoms with Crippen LogP contribution in [0, 0.1) is 6.92 Å². The lowest BCUT2D eigenvalue weighted by Gasteiger charge is -2.00. The van der Waals surface area contributed by atoms with Gasteiger partial charge in [-0.2, -0.15) is 11.8 Å². The van der Waals surface area contributed by atoms with E-state index in [0.29, 0.717) is 5.13 Å². The predicted octanol–water partition coefficient (Wildman–Crippen LogP) is 2.70. The fraction of sp³-hybridized carbons (Fsp3) is 0.600. The van der Waals surface area contributed by atoms with Crippen LogP contribution < -0.4 is 5.32 Å². The Kier molecular flexibility index (Phi) is 5.62. The molecule has 0 aliphatic rings. The van der Waals surface area contributed by atoms with Gasteiger partial charge in [-0.25, -0.2) is 9.78 Å². The van der Waals surface area contributed by atoms with Gasteiger partial charge in [0.05, 0.1) is 0 Å². The molecule has 2 N–H and O–H groups in total. The smallest absolute Gasteiger partial charge is 0.355 e. The van der Waals surface area contributed by atoms with E-state index < -0.39 is 5.97 Å². The number of aromatic nitrogens is 1. The van der Waals surface area contributed by atoms with E-state index in [0.717, 1.165) is 17.8 Å². The number of aryl methyl sites for hydroxylation is 1. The molecule has 0 fully saturated rings. The van der Waals surface area contributed by atoms with Crippen LogP contribution in [0.2, 0.25) is 0 Å². The van der Waals surface area contributed by atoms with Crippen LogP contribution >= 0.6 is 23.1 Å². The highest BCUT2D eigenvalue weighted by Gasteiger charge is 2.13. The quantitative estimate of drug-likeness (QED) is 0.738. The van der Waals surface area contributed by atoms with Gasteiger partial charge in [0.25, 0.3) is 0 Å². The van der Waals surface area contributed by atoms with Gasteiger partial charge in [0.1, 0.15) is 0 Å². The summed E-state index contributed by atoms with van der Waals surface area (Å²) in [5.41, 5.74) is 0.164. The monoisotopic (exact) mass is 260 g/mol. The van der Waals surface area contributed by atoms with Gasteiger partial charge in [-0.05, 0) is 31.8 Å². The number of hydrogen-bond acceptors (Lipinski definition) is 5. The average molecular weight is 260 g/mol. The molecule has 4 nitrogen and oxygen atoms in total. The first-order chi connectivity index (χ1) is 7.65. The lowest BCUT2D eigenvalue weighted by Crippen LogP contribution is -2.03. The highest BCUT2D eigenvalue weighted by atomic mass is 32.2. The summed E-state index contributed by atoms with van der Waals surface area (Å²) in [6.45, 7) is 2.63.